The number of nitrogens with zero attached hydrogens (tertiary/aromatic N) is 1. The van der Waals surface area contributed by atoms with E-state index >= 15 is 0 Å². The average molecular weight is 280 g/mol. The molecule has 5 heteroatoms. The van der Waals surface area contributed by atoms with Gasteiger partial charge in [-0.25, -0.2) is 9.37 Å². The van der Waals surface area contributed by atoms with Gasteiger partial charge >= 0.3 is 0 Å². The number of hydrogen-bond donors (Lipinski definition) is 1. The molecule has 0 bridgehead atoms. The highest BCUT2D eigenvalue weighted by Crippen LogP contribution is 2.31. The number of halogens is 1. The number of nitrogens with one attached hydrogen (secondary N) is 1. The maximum Gasteiger partial charge on any atom is 0.261 e. The lowest BCUT2D eigenvalue weighted by atomic mass is 10.1. The van der Waals surface area contributed by atoms with E-state index in [-0.39, 0.29) is 11.9 Å². The molecule has 2 rings (SSSR count). The fraction of sp³-hybridized carbons (Fsp3) is 0.357. The topological polar surface area (TPSA) is 38.1 Å². The van der Waals surface area contributed by atoms with E-state index in [1.165, 1.54) is 11.8 Å². The third-order valence-corrected chi connectivity index (χ3v) is 4.00. The molecule has 1 heterocycles. The third kappa shape index (κ3) is 3.16. The monoisotopic (exact) mass is 280 g/mol. The predicted octanol–water partition coefficient (Wildman–Crippen LogP) is 3.86. The molecule has 0 aliphatic rings. The Morgan fingerprint density at radius 2 is 2.11 bits per heavy atom. The SMILES string of the molecule is CNC(C)c1ccc(Sc2nc(C)c(C)o2)c(F)c1. The van der Waals surface area contributed by atoms with Gasteiger partial charge in [0, 0.05) is 6.04 Å². The fourth-order valence-corrected chi connectivity index (χ4v) is 2.45. The van der Waals surface area contributed by atoms with Crippen LogP contribution in [-0.4, -0.2) is 12.0 Å². The number of benzene rings is 1. The van der Waals surface area contributed by atoms with Crippen molar-refractivity contribution in [1.29, 1.82) is 0 Å². The Labute approximate surface area is 116 Å². The van der Waals surface area contributed by atoms with E-state index in [0.717, 1.165) is 17.0 Å². The van der Waals surface area contributed by atoms with Gasteiger partial charge in [-0.15, -0.1) is 0 Å². The van der Waals surface area contributed by atoms with Gasteiger partial charge in [0.05, 0.1) is 10.6 Å². The normalized spacial score (nSPS) is 12.7. The van der Waals surface area contributed by atoms with Crippen LogP contribution in [0.25, 0.3) is 0 Å². The molecule has 102 valence electrons. The van der Waals surface area contributed by atoms with Gasteiger partial charge in [-0.05, 0) is 57.3 Å². The Balaban J connectivity index is 2.21. The van der Waals surface area contributed by atoms with Crippen LogP contribution in [0.3, 0.4) is 0 Å². The van der Waals surface area contributed by atoms with Gasteiger partial charge in [0.15, 0.2) is 0 Å². The summed E-state index contributed by atoms with van der Waals surface area (Å²) in [5.74, 6) is 0.515. The molecule has 2 aromatic rings. The molecule has 0 saturated carbocycles. The molecule has 0 amide bonds. The van der Waals surface area contributed by atoms with Crippen LogP contribution in [0.4, 0.5) is 4.39 Å². The zero-order valence-corrected chi connectivity index (χ0v) is 12.3. The van der Waals surface area contributed by atoms with Gasteiger partial charge in [0.25, 0.3) is 5.22 Å². The van der Waals surface area contributed by atoms with Gasteiger partial charge < -0.3 is 9.73 Å². The van der Waals surface area contributed by atoms with Crippen LogP contribution in [0.15, 0.2) is 32.7 Å². The second-order valence-corrected chi connectivity index (χ2v) is 5.42. The first kappa shape index (κ1) is 14.1. The Morgan fingerprint density at radius 1 is 1.37 bits per heavy atom. The lowest BCUT2D eigenvalue weighted by molar-refractivity contribution is 0.430. The molecule has 1 N–H and O–H groups in total. The minimum absolute atomic E-state index is 0.125. The van der Waals surface area contributed by atoms with Crippen LogP contribution < -0.4 is 5.32 Å². The van der Waals surface area contributed by atoms with Crippen LogP contribution in [0.1, 0.15) is 30.0 Å². The van der Waals surface area contributed by atoms with Crippen molar-refractivity contribution in [2.24, 2.45) is 0 Å². The molecule has 1 atom stereocenters. The zero-order chi connectivity index (χ0) is 14.0. The second kappa shape index (κ2) is 5.75. The van der Waals surface area contributed by atoms with Gasteiger partial charge in [-0.3, -0.25) is 0 Å². The fourth-order valence-electron chi connectivity index (χ4n) is 1.62. The van der Waals surface area contributed by atoms with Gasteiger partial charge in [-0.2, -0.15) is 0 Å². The van der Waals surface area contributed by atoms with Crippen molar-refractivity contribution in [1.82, 2.24) is 10.3 Å². The van der Waals surface area contributed by atoms with Crippen molar-refractivity contribution in [3.63, 3.8) is 0 Å². The van der Waals surface area contributed by atoms with Gasteiger partial charge in [-0.1, -0.05) is 6.07 Å². The molecule has 0 saturated heterocycles. The maximum absolute atomic E-state index is 14.0. The summed E-state index contributed by atoms with van der Waals surface area (Å²) in [6, 6.07) is 5.35. The highest BCUT2D eigenvalue weighted by molar-refractivity contribution is 7.99. The highest BCUT2D eigenvalue weighted by atomic mass is 32.2. The van der Waals surface area contributed by atoms with Crippen molar-refractivity contribution in [3.8, 4) is 0 Å². The summed E-state index contributed by atoms with van der Waals surface area (Å²) < 4.78 is 19.5. The predicted molar refractivity (Wildman–Crippen MR) is 74.0 cm³/mol. The summed E-state index contributed by atoms with van der Waals surface area (Å²) in [6.45, 7) is 5.71. The lowest BCUT2D eigenvalue weighted by Crippen LogP contribution is -2.12. The van der Waals surface area contributed by atoms with Crippen LogP contribution >= 0.6 is 11.8 Å². The minimum Gasteiger partial charge on any atom is -0.436 e. The quantitative estimate of drug-likeness (QED) is 0.923. The smallest absolute Gasteiger partial charge is 0.261 e. The Bertz CT molecular complexity index is 563. The molecule has 1 aromatic carbocycles. The zero-order valence-electron chi connectivity index (χ0n) is 11.5. The summed E-state index contributed by atoms with van der Waals surface area (Å²) in [4.78, 5) is 4.76. The van der Waals surface area contributed by atoms with E-state index < -0.39 is 0 Å². The first-order chi connectivity index (χ1) is 9.01. The largest absolute Gasteiger partial charge is 0.436 e. The van der Waals surface area contributed by atoms with Crippen LogP contribution in [-0.2, 0) is 0 Å². The highest BCUT2D eigenvalue weighted by Gasteiger charge is 2.12. The average Bonchev–Trinajstić information content (AvgIpc) is 2.70. The summed E-state index contributed by atoms with van der Waals surface area (Å²) >= 11 is 1.20. The lowest BCUT2D eigenvalue weighted by Gasteiger charge is -2.11. The molecule has 1 aromatic heterocycles. The standard InChI is InChI=1S/C14H17FN2OS/c1-8-10(3)18-14(17-8)19-13-6-5-11(7-12(13)15)9(2)16-4/h5-7,9,16H,1-4H3. The minimum atomic E-state index is -0.252. The van der Waals surface area contributed by atoms with Crippen molar-refractivity contribution in [3.05, 3.63) is 41.0 Å². The first-order valence-corrected chi connectivity index (χ1v) is 6.91. The second-order valence-electron chi connectivity index (χ2n) is 4.42. The number of aromatic nitrogens is 1. The van der Waals surface area contributed by atoms with Crippen LogP contribution in [0, 0.1) is 19.7 Å². The number of hydrogen-bond acceptors (Lipinski definition) is 4. The van der Waals surface area contributed by atoms with Crippen molar-refractivity contribution < 1.29 is 8.81 Å². The molecule has 0 spiro atoms. The van der Waals surface area contributed by atoms with E-state index in [1.54, 1.807) is 12.1 Å². The third-order valence-electron chi connectivity index (χ3n) is 3.10. The Kier molecular flexibility index (Phi) is 4.27. The van der Waals surface area contributed by atoms with Crippen molar-refractivity contribution >= 4 is 11.8 Å². The molecular formula is C14H17FN2OS. The molecule has 19 heavy (non-hydrogen) atoms. The van der Waals surface area contributed by atoms with E-state index in [1.807, 2.05) is 33.9 Å². The molecule has 0 aliphatic heterocycles. The molecular weight excluding hydrogens is 263 g/mol. The number of aryl methyl sites for hydroxylation is 2. The molecule has 1 unspecified atom stereocenters. The van der Waals surface area contributed by atoms with Gasteiger partial charge in [0.1, 0.15) is 11.6 Å². The summed E-state index contributed by atoms with van der Waals surface area (Å²) in [6.07, 6.45) is 0. The number of rotatable bonds is 4. The summed E-state index contributed by atoms with van der Waals surface area (Å²) in [7, 11) is 1.85. The molecule has 3 nitrogen and oxygen atoms in total. The van der Waals surface area contributed by atoms with Crippen LogP contribution in [0.2, 0.25) is 0 Å². The van der Waals surface area contributed by atoms with Crippen molar-refractivity contribution in [2.45, 2.75) is 36.9 Å². The maximum atomic E-state index is 14.0. The molecule has 0 radical (unpaired) electrons. The first-order valence-electron chi connectivity index (χ1n) is 6.10. The Morgan fingerprint density at radius 3 is 2.63 bits per heavy atom. The van der Waals surface area contributed by atoms with Crippen LogP contribution in [0.5, 0.6) is 0 Å². The Hall–Kier alpha value is -1.33. The summed E-state index contributed by atoms with van der Waals surface area (Å²) in [5, 5.41) is 3.56. The molecule has 0 fully saturated rings. The van der Waals surface area contributed by atoms with E-state index in [9.17, 15) is 4.39 Å². The molecule has 0 aliphatic carbocycles. The van der Waals surface area contributed by atoms with E-state index in [0.29, 0.717) is 10.1 Å². The summed E-state index contributed by atoms with van der Waals surface area (Å²) in [5.41, 5.74) is 1.76. The van der Waals surface area contributed by atoms with E-state index in [4.69, 9.17) is 4.42 Å². The van der Waals surface area contributed by atoms with Gasteiger partial charge in [0.2, 0.25) is 0 Å². The number of oxazole rings is 1. The van der Waals surface area contributed by atoms with Crippen molar-refractivity contribution in [2.75, 3.05) is 7.05 Å². The van der Waals surface area contributed by atoms with E-state index in [2.05, 4.69) is 10.3 Å².